The van der Waals surface area contributed by atoms with Crippen molar-refractivity contribution in [2.45, 2.75) is 6.42 Å². The van der Waals surface area contributed by atoms with Crippen LogP contribution >= 0.6 is 11.6 Å². The summed E-state index contributed by atoms with van der Waals surface area (Å²) in [4.78, 5) is 12.3. The predicted octanol–water partition coefficient (Wildman–Crippen LogP) is 3.14. The Balaban J connectivity index is 1.80. The quantitative estimate of drug-likeness (QED) is 0.884. The van der Waals surface area contributed by atoms with Gasteiger partial charge in [-0.1, -0.05) is 17.7 Å². The SMILES string of the molecule is COc1cccc(C(=O)Nc2ccc(N3CCCS3(=O)=O)cc2Cl)c1. The zero-order valence-corrected chi connectivity index (χ0v) is 15.1. The molecule has 2 aromatic carbocycles. The topological polar surface area (TPSA) is 75.7 Å². The third-order valence-electron chi connectivity index (χ3n) is 3.92. The van der Waals surface area contributed by atoms with Gasteiger partial charge >= 0.3 is 0 Å². The number of carbonyl (C=O) groups is 1. The molecule has 1 aliphatic rings. The van der Waals surface area contributed by atoms with E-state index in [0.717, 1.165) is 0 Å². The van der Waals surface area contributed by atoms with Crippen LogP contribution in [0.3, 0.4) is 0 Å². The Kier molecular flexibility index (Phi) is 4.87. The number of ether oxygens (including phenoxy) is 1. The van der Waals surface area contributed by atoms with Crippen LogP contribution in [0, 0.1) is 0 Å². The zero-order valence-electron chi connectivity index (χ0n) is 13.5. The predicted molar refractivity (Wildman–Crippen MR) is 98.1 cm³/mol. The van der Waals surface area contributed by atoms with Gasteiger partial charge in [0.1, 0.15) is 5.75 Å². The summed E-state index contributed by atoms with van der Waals surface area (Å²) in [6.45, 7) is 0.439. The molecule has 0 aromatic heterocycles. The maximum Gasteiger partial charge on any atom is 0.255 e. The zero-order chi connectivity index (χ0) is 18.0. The highest BCUT2D eigenvalue weighted by molar-refractivity contribution is 7.93. The van der Waals surface area contributed by atoms with Crippen molar-refractivity contribution in [3.05, 3.63) is 53.1 Å². The number of benzene rings is 2. The smallest absolute Gasteiger partial charge is 0.255 e. The summed E-state index contributed by atoms with van der Waals surface area (Å²) in [6, 6.07) is 11.5. The molecule has 0 saturated carbocycles. The van der Waals surface area contributed by atoms with Crippen molar-refractivity contribution in [1.82, 2.24) is 0 Å². The number of hydrogen-bond donors (Lipinski definition) is 1. The van der Waals surface area contributed by atoms with Crippen molar-refractivity contribution < 1.29 is 17.9 Å². The second-order valence-electron chi connectivity index (χ2n) is 5.59. The first kappa shape index (κ1) is 17.6. The fraction of sp³-hybridized carbons (Fsp3) is 0.235. The minimum absolute atomic E-state index is 0.138. The lowest BCUT2D eigenvalue weighted by Crippen LogP contribution is -2.25. The van der Waals surface area contributed by atoms with E-state index in [2.05, 4.69) is 5.32 Å². The normalized spacial score (nSPS) is 15.8. The van der Waals surface area contributed by atoms with Crippen molar-refractivity contribution >= 4 is 38.9 Å². The molecule has 0 spiro atoms. The van der Waals surface area contributed by atoms with Gasteiger partial charge in [-0.25, -0.2) is 8.42 Å². The van der Waals surface area contributed by atoms with E-state index in [9.17, 15) is 13.2 Å². The van der Waals surface area contributed by atoms with Gasteiger partial charge in [-0.2, -0.15) is 0 Å². The molecule has 8 heteroatoms. The summed E-state index contributed by atoms with van der Waals surface area (Å²) < 4.78 is 30.4. The third kappa shape index (κ3) is 3.72. The van der Waals surface area contributed by atoms with Gasteiger partial charge in [-0.15, -0.1) is 0 Å². The van der Waals surface area contributed by atoms with Gasteiger partial charge in [0.15, 0.2) is 0 Å². The molecule has 1 N–H and O–H groups in total. The number of rotatable bonds is 4. The van der Waals surface area contributed by atoms with Crippen LogP contribution in [-0.2, 0) is 10.0 Å². The summed E-state index contributed by atoms with van der Waals surface area (Å²) in [5.41, 5.74) is 1.35. The highest BCUT2D eigenvalue weighted by Gasteiger charge is 2.28. The summed E-state index contributed by atoms with van der Waals surface area (Å²) in [6.07, 6.45) is 0.592. The van der Waals surface area contributed by atoms with Gasteiger partial charge in [0, 0.05) is 12.1 Å². The van der Waals surface area contributed by atoms with Crippen LogP contribution in [0.2, 0.25) is 5.02 Å². The van der Waals surface area contributed by atoms with Gasteiger partial charge in [-0.05, 0) is 42.8 Å². The maximum atomic E-state index is 12.3. The lowest BCUT2D eigenvalue weighted by Gasteiger charge is -2.18. The van der Waals surface area contributed by atoms with Gasteiger partial charge in [0.2, 0.25) is 10.0 Å². The average Bonchev–Trinajstić information content (AvgIpc) is 2.96. The summed E-state index contributed by atoms with van der Waals surface area (Å²) in [7, 11) is -1.74. The lowest BCUT2D eigenvalue weighted by molar-refractivity contribution is 0.102. The molecule has 2 aromatic rings. The number of halogens is 1. The molecule has 1 aliphatic heterocycles. The lowest BCUT2D eigenvalue weighted by atomic mass is 10.2. The van der Waals surface area contributed by atoms with E-state index < -0.39 is 10.0 Å². The largest absolute Gasteiger partial charge is 0.497 e. The molecule has 0 aliphatic carbocycles. The van der Waals surface area contributed by atoms with Gasteiger partial charge in [-0.3, -0.25) is 9.10 Å². The highest BCUT2D eigenvalue weighted by Crippen LogP contribution is 2.31. The van der Waals surface area contributed by atoms with Crippen molar-refractivity contribution in [2.24, 2.45) is 0 Å². The van der Waals surface area contributed by atoms with E-state index in [1.165, 1.54) is 11.4 Å². The van der Waals surface area contributed by atoms with Crippen molar-refractivity contribution in [1.29, 1.82) is 0 Å². The van der Waals surface area contributed by atoms with Crippen LogP contribution in [0.5, 0.6) is 5.75 Å². The Morgan fingerprint density at radius 3 is 2.68 bits per heavy atom. The standard InChI is InChI=1S/C17H17ClN2O4S/c1-24-14-5-2-4-12(10-14)17(21)19-16-7-6-13(11-15(16)18)20-8-3-9-25(20,22)23/h2,4-7,10-11H,3,8-9H2,1H3,(H,19,21). The number of sulfonamides is 1. The van der Waals surface area contributed by atoms with Crippen LogP contribution in [0.15, 0.2) is 42.5 Å². The fourth-order valence-corrected chi connectivity index (χ4v) is 4.43. The number of amides is 1. The molecule has 3 rings (SSSR count). The fourth-order valence-electron chi connectivity index (χ4n) is 2.65. The number of anilines is 2. The molecule has 1 saturated heterocycles. The molecule has 1 heterocycles. The second kappa shape index (κ2) is 6.93. The Bertz CT molecular complexity index is 915. The van der Waals surface area contributed by atoms with E-state index >= 15 is 0 Å². The van der Waals surface area contributed by atoms with Crippen LogP contribution in [0.1, 0.15) is 16.8 Å². The summed E-state index contributed by atoms with van der Waals surface area (Å²) in [5, 5.41) is 3.00. The molecule has 0 unspecified atom stereocenters. The van der Waals surface area contributed by atoms with Gasteiger partial charge in [0.05, 0.1) is 29.3 Å². The minimum Gasteiger partial charge on any atom is -0.497 e. The Hall–Kier alpha value is -2.25. The minimum atomic E-state index is -3.27. The Morgan fingerprint density at radius 2 is 2.04 bits per heavy atom. The molecular weight excluding hydrogens is 364 g/mol. The van der Waals surface area contributed by atoms with Crippen molar-refractivity contribution in [3.8, 4) is 5.75 Å². The Morgan fingerprint density at radius 1 is 1.24 bits per heavy atom. The Labute approximate surface area is 151 Å². The molecule has 132 valence electrons. The molecule has 1 fully saturated rings. The number of hydrogen-bond acceptors (Lipinski definition) is 4. The van der Waals surface area contributed by atoms with Crippen molar-refractivity contribution in [3.63, 3.8) is 0 Å². The number of methoxy groups -OCH3 is 1. The summed E-state index contributed by atoms with van der Waals surface area (Å²) in [5.74, 6) is 0.384. The highest BCUT2D eigenvalue weighted by atomic mass is 35.5. The van der Waals surface area contributed by atoms with Crippen LogP contribution in [0.4, 0.5) is 11.4 Å². The van der Waals surface area contributed by atoms with Crippen molar-refractivity contribution in [2.75, 3.05) is 29.0 Å². The second-order valence-corrected chi connectivity index (χ2v) is 8.01. The van der Waals surface area contributed by atoms with E-state index in [1.807, 2.05) is 0 Å². The molecule has 25 heavy (non-hydrogen) atoms. The van der Waals surface area contributed by atoms with Crippen LogP contribution < -0.4 is 14.4 Å². The third-order valence-corrected chi connectivity index (χ3v) is 6.10. The first-order chi connectivity index (χ1) is 11.9. The summed E-state index contributed by atoms with van der Waals surface area (Å²) >= 11 is 6.23. The molecule has 0 atom stereocenters. The van der Waals surface area contributed by atoms with E-state index in [4.69, 9.17) is 16.3 Å². The average molecular weight is 381 g/mol. The van der Waals surface area contributed by atoms with Crippen LogP contribution in [0.25, 0.3) is 0 Å². The molecule has 0 bridgehead atoms. The molecule has 6 nitrogen and oxygen atoms in total. The number of carbonyl (C=O) groups excluding carboxylic acids is 1. The number of nitrogens with one attached hydrogen (secondary N) is 1. The van der Waals surface area contributed by atoms with E-state index in [1.54, 1.807) is 42.5 Å². The number of nitrogens with zero attached hydrogens (tertiary/aromatic N) is 1. The van der Waals surface area contributed by atoms with E-state index in [-0.39, 0.29) is 16.7 Å². The molecular formula is C17H17ClN2O4S. The first-order valence-electron chi connectivity index (χ1n) is 7.66. The van der Waals surface area contributed by atoms with Gasteiger partial charge in [0.25, 0.3) is 5.91 Å². The monoisotopic (exact) mass is 380 g/mol. The maximum absolute atomic E-state index is 12.3. The first-order valence-corrected chi connectivity index (χ1v) is 9.65. The molecule has 1 amide bonds. The molecule has 0 radical (unpaired) electrons. The van der Waals surface area contributed by atoms with Gasteiger partial charge < -0.3 is 10.1 Å². The van der Waals surface area contributed by atoms with E-state index in [0.29, 0.717) is 35.7 Å². The van der Waals surface area contributed by atoms with Crippen LogP contribution in [-0.4, -0.2) is 33.7 Å².